The Balaban J connectivity index is 2.07. The summed E-state index contributed by atoms with van der Waals surface area (Å²) in [5.74, 6) is -0.467. The smallest absolute Gasteiger partial charge is 0.287 e. The molecule has 0 spiro atoms. The van der Waals surface area contributed by atoms with Crippen molar-refractivity contribution in [3.05, 3.63) is 17.6 Å². The van der Waals surface area contributed by atoms with Crippen molar-refractivity contribution in [3.8, 4) is 0 Å². The zero-order valence-corrected chi connectivity index (χ0v) is 12.8. The predicted octanol–water partition coefficient (Wildman–Crippen LogP) is 1.81. The minimum atomic E-state index is -3.91. The number of ether oxygens (including phenoxy) is 1. The minimum absolute atomic E-state index is 0.0766. The Morgan fingerprint density at radius 1 is 1.55 bits per heavy atom. The first-order valence-corrected chi connectivity index (χ1v) is 8.47. The number of halogens is 1. The molecule has 1 saturated carbocycles. The lowest BCUT2D eigenvalue weighted by atomic mass is 9.80. The van der Waals surface area contributed by atoms with Crippen LogP contribution in [0.4, 0.5) is 0 Å². The van der Waals surface area contributed by atoms with E-state index in [0.717, 1.165) is 25.3 Å². The molecule has 0 aliphatic heterocycles. The van der Waals surface area contributed by atoms with Gasteiger partial charge in [-0.2, -0.15) is 0 Å². The average molecular weight is 322 g/mol. The van der Waals surface area contributed by atoms with Crippen LogP contribution in [0.25, 0.3) is 0 Å². The van der Waals surface area contributed by atoms with Gasteiger partial charge in [-0.15, -0.1) is 0 Å². The quantitative estimate of drug-likeness (QED) is 0.836. The van der Waals surface area contributed by atoms with Crippen molar-refractivity contribution in [1.82, 2.24) is 5.32 Å². The summed E-state index contributed by atoms with van der Waals surface area (Å²) in [4.78, 5) is 11.8. The van der Waals surface area contributed by atoms with Crippen LogP contribution in [0.1, 0.15) is 35.6 Å². The zero-order valence-electron chi connectivity index (χ0n) is 11.2. The lowest BCUT2D eigenvalue weighted by molar-refractivity contribution is -0.0680. The van der Waals surface area contributed by atoms with Gasteiger partial charge in [0, 0.05) is 30.4 Å². The Morgan fingerprint density at radius 3 is 2.60 bits per heavy atom. The Kier molecular flexibility index (Phi) is 4.13. The predicted molar refractivity (Wildman–Crippen MR) is 72.4 cm³/mol. The van der Waals surface area contributed by atoms with Gasteiger partial charge in [-0.25, -0.2) is 8.42 Å². The van der Waals surface area contributed by atoms with Gasteiger partial charge < -0.3 is 14.5 Å². The van der Waals surface area contributed by atoms with Crippen LogP contribution in [0, 0.1) is 6.92 Å². The lowest BCUT2D eigenvalue weighted by Gasteiger charge is -2.40. The molecule has 20 heavy (non-hydrogen) atoms. The van der Waals surface area contributed by atoms with E-state index in [1.165, 1.54) is 6.92 Å². The van der Waals surface area contributed by atoms with Gasteiger partial charge >= 0.3 is 0 Å². The van der Waals surface area contributed by atoms with E-state index in [1.54, 1.807) is 7.11 Å². The molecule has 0 atom stereocenters. The van der Waals surface area contributed by atoms with Crippen LogP contribution in [0.5, 0.6) is 0 Å². The molecular formula is C12H16ClNO5S. The molecule has 1 aromatic rings. The molecule has 2 rings (SSSR count). The SMILES string of the molecule is COC1(CNC(=O)c2cc(S(=O)(=O)Cl)c(C)o2)CCC1. The van der Waals surface area contributed by atoms with Crippen molar-refractivity contribution in [2.24, 2.45) is 0 Å². The van der Waals surface area contributed by atoms with Crippen LogP contribution in [-0.4, -0.2) is 33.6 Å². The molecule has 1 aromatic heterocycles. The summed E-state index contributed by atoms with van der Waals surface area (Å²) >= 11 is 0. The third-order valence-corrected chi connectivity index (χ3v) is 5.06. The molecule has 0 saturated heterocycles. The molecule has 6 nitrogen and oxygen atoms in total. The van der Waals surface area contributed by atoms with Crippen molar-refractivity contribution in [3.63, 3.8) is 0 Å². The summed E-state index contributed by atoms with van der Waals surface area (Å²) in [5.41, 5.74) is -0.307. The number of carbonyl (C=O) groups is 1. The number of furan rings is 1. The van der Waals surface area contributed by atoms with E-state index in [-0.39, 0.29) is 22.0 Å². The van der Waals surface area contributed by atoms with Gasteiger partial charge in [0.25, 0.3) is 15.0 Å². The van der Waals surface area contributed by atoms with E-state index in [1.807, 2.05) is 0 Å². The number of carbonyl (C=O) groups excluding carboxylic acids is 1. The van der Waals surface area contributed by atoms with Gasteiger partial charge in [-0.05, 0) is 26.2 Å². The van der Waals surface area contributed by atoms with E-state index in [0.29, 0.717) is 6.54 Å². The van der Waals surface area contributed by atoms with Crippen LogP contribution >= 0.6 is 10.7 Å². The Labute approximate surface area is 121 Å². The third-order valence-electron chi connectivity index (χ3n) is 3.63. The summed E-state index contributed by atoms with van der Waals surface area (Å²) in [7, 11) is 2.94. The van der Waals surface area contributed by atoms with Gasteiger partial charge in [0.15, 0.2) is 5.76 Å². The van der Waals surface area contributed by atoms with Crippen molar-refractivity contribution in [2.45, 2.75) is 36.7 Å². The van der Waals surface area contributed by atoms with Gasteiger partial charge in [0.2, 0.25) is 0 Å². The van der Waals surface area contributed by atoms with Crippen LogP contribution in [0.15, 0.2) is 15.4 Å². The van der Waals surface area contributed by atoms with E-state index < -0.39 is 15.0 Å². The number of aryl methyl sites for hydroxylation is 1. The molecule has 0 bridgehead atoms. The zero-order chi connectivity index (χ0) is 15.0. The molecule has 0 radical (unpaired) electrons. The van der Waals surface area contributed by atoms with Crippen molar-refractivity contribution in [1.29, 1.82) is 0 Å². The number of methoxy groups -OCH3 is 1. The Hall–Kier alpha value is -1.05. The maximum absolute atomic E-state index is 11.9. The molecule has 1 aliphatic rings. The van der Waals surface area contributed by atoms with E-state index in [9.17, 15) is 13.2 Å². The molecule has 8 heteroatoms. The number of rotatable bonds is 5. The third kappa shape index (κ3) is 2.99. The molecule has 0 unspecified atom stereocenters. The number of hydrogen-bond acceptors (Lipinski definition) is 5. The van der Waals surface area contributed by atoms with Crippen molar-refractivity contribution < 1.29 is 22.4 Å². The largest absolute Gasteiger partial charge is 0.455 e. The second kappa shape index (κ2) is 5.38. The summed E-state index contributed by atoms with van der Waals surface area (Å²) in [6.07, 6.45) is 2.85. The Bertz CT molecular complexity index is 612. The van der Waals surface area contributed by atoms with Gasteiger partial charge in [0.05, 0.1) is 5.60 Å². The minimum Gasteiger partial charge on any atom is -0.455 e. The van der Waals surface area contributed by atoms with Gasteiger partial charge in [0.1, 0.15) is 10.7 Å². The average Bonchev–Trinajstić information content (AvgIpc) is 2.70. The molecule has 0 aromatic carbocycles. The topological polar surface area (TPSA) is 85.6 Å². The summed E-state index contributed by atoms with van der Waals surface area (Å²) in [6.45, 7) is 1.81. The second-order valence-electron chi connectivity index (χ2n) is 4.89. The second-order valence-corrected chi connectivity index (χ2v) is 7.43. The monoisotopic (exact) mass is 321 g/mol. The van der Waals surface area contributed by atoms with Gasteiger partial charge in [-0.3, -0.25) is 4.79 Å². The first kappa shape index (κ1) is 15.3. The highest BCUT2D eigenvalue weighted by Crippen LogP contribution is 2.34. The van der Waals surface area contributed by atoms with Crippen molar-refractivity contribution in [2.75, 3.05) is 13.7 Å². The van der Waals surface area contributed by atoms with Crippen LogP contribution in [-0.2, 0) is 13.8 Å². The molecule has 1 aliphatic carbocycles. The lowest BCUT2D eigenvalue weighted by Crippen LogP contribution is -2.49. The fraction of sp³-hybridized carbons (Fsp3) is 0.583. The molecule has 1 amide bonds. The van der Waals surface area contributed by atoms with Crippen LogP contribution in [0.3, 0.4) is 0 Å². The molecule has 1 heterocycles. The molecular weight excluding hydrogens is 306 g/mol. The van der Waals surface area contributed by atoms with Crippen LogP contribution in [0.2, 0.25) is 0 Å². The number of nitrogens with one attached hydrogen (secondary N) is 1. The van der Waals surface area contributed by atoms with E-state index in [2.05, 4.69) is 5.32 Å². The first-order valence-electron chi connectivity index (χ1n) is 6.16. The highest BCUT2D eigenvalue weighted by atomic mass is 35.7. The molecule has 1 fully saturated rings. The summed E-state index contributed by atoms with van der Waals surface area (Å²) in [5, 5.41) is 2.69. The highest BCUT2D eigenvalue weighted by molar-refractivity contribution is 8.13. The maximum atomic E-state index is 11.9. The highest BCUT2D eigenvalue weighted by Gasteiger charge is 2.37. The fourth-order valence-electron chi connectivity index (χ4n) is 2.17. The standard InChI is InChI=1S/C12H16ClNO5S/c1-8-10(20(13,16)17)6-9(19-8)11(15)14-7-12(18-2)4-3-5-12/h6H,3-5,7H2,1-2H3,(H,14,15). The fourth-order valence-corrected chi connectivity index (χ4v) is 3.26. The van der Waals surface area contributed by atoms with E-state index >= 15 is 0 Å². The molecule has 112 valence electrons. The number of hydrogen-bond donors (Lipinski definition) is 1. The normalized spacial score (nSPS) is 17.6. The van der Waals surface area contributed by atoms with E-state index in [4.69, 9.17) is 19.8 Å². The van der Waals surface area contributed by atoms with Gasteiger partial charge in [-0.1, -0.05) is 0 Å². The summed E-state index contributed by atoms with van der Waals surface area (Å²) < 4.78 is 33.0. The first-order chi connectivity index (χ1) is 9.27. The Morgan fingerprint density at radius 2 is 2.20 bits per heavy atom. The number of amides is 1. The summed E-state index contributed by atoms with van der Waals surface area (Å²) in [6, 6.07) is 1.13. The molecule has 1 N–H and O–H groups in total. The maximum Gasteiger partial charge on any atom is 0.287 e. The van der Waals surface area contributed by atoms with Crippen LogP contribution < -0.4 is 5.32 Å². The van der Waals surface area contributed by atoms with Crippen molar-refractivity contribution >= 4 is 25.6 Å².